The summed E-state index contributed by atoms with van der Waals surface area (Å²) in [4.78, 5) is 11.0. The van der Waals surface area contributed by atoms with Crippen LogP contribution in [0.25, 0.3) is 0 Å². The molecule has 4 saturated carbocycles. The first-order valence-electron chi connectivity index (χ1n) is 3.41. The van der Waals surface area contributed by atoms with Crippen molar-refractivity contribution in [1.29, 1.82) is 0 Å². The Hall–Kier alpha value is -0.330. The zero-order valence-electron chi connectivity index (χ0n) is 4.63. The molecule has 4 atom stereocenters. The molecule has 0 N–H and O–H groups in total. The molecule has 8 heavy (non-hydrogen) atoms. The van der Waals surface area contributed by atoms with E-state index in [9.17, 15) is 4.79 Å². The van der Waals surface area contributed by atoms with Crippen LogP contribution in [-0.2, 0) is 4.79 Å². The van der Waals surface area contributed by atoms with Crippen LogP contribution < -0.4 is 0 Å². The van der Waals surface area contributed by atoms with Crippen molar-refractivity contribution in [3.63, 3.8) is 0 Å². The summed E-state index contributed by atoms with van der Waals surface area (Å²) in [6.07, 6.45) is 2.52. The topological polar surface area (TPSA) is 17.1 Å². The maximum atomic E-state index is 11.0. The maximum absolute atomic E-state index is 11.0. The Kier molecular flexibility index (Phi) is 0.352. The molecular weight excluding hydrogens is 100 g/mol. The van der Waals surface area contributed by atoms with E-state index in [1.807, 2.05) is 0 Å². The van der Waals surface area contributed by atoms with Crippen LogP contribution in [0.2, 0.25) is 0 Å². The SMILES string of the molecule is O=C1C2CC3C1[C@@H]3C2. The molecular formula is C7H8O. The van der Waals surface area contributed by atoms with Gasteiger partial charge in [0, 0.05) is 11.8 Å². The Balaban J connectivity index is 2.21. The molecule has 3 unspecified atom stereocenters. The third kappa shape index (κ3) is 0.188. The second-order valence-corrected chi connectivity index (χ2v) is 3.42. The van der Waals surface area contributed by atoms with Gasteiger partial charge in [0.15, 0.2) is 0 Å². The van der Waals surface area contributed by atoms with Gasteiger partial charge in [-0.15, -0.1) is 0 Å². The number of rotatable bonds is 0. The van der Waals surface area contributed by atoms with E-state index in [0.717, 1.165) is 11.8 Å². The lowest BCUT2D eigenvalue weighted by Gasteiger charge is -1.90. The van der Waals surface area contributed by atoms with Crippen molar-refractivity contribution in [3.05, 3.63) is 0 Å². The number of carbonyl (C=O) groups excluding carboxylic acids is 1. The highest BCUT2D eigenvalue weighted by atomic mass is 16.1. The lowest BCUT2D eigenvalue weighted by Crippen LogP contribution is -2.00. The third-order valence-corrected chi connectivity index (χ3v) is 3.18. The van der Waals surface area contributed by atoms with Gasteiger partial charge in [-0.25, -0.2) is 0 Å². The van der Waals surface area contributed by atoms with E-state index in [4.69, 9.17) is 0 Å². The van der Waals surface area contributed by atoms with Gasteiger partial charge in [0.2, 0.25) is 0 Å². The second kappa shape index (κ2) is 0.772. The van der Waals surface area contributed by atoms with Crippen LogP contribution in [0.5, 0.6) is 0 Å². The molecule has 1 nitrogen and oxygen atoms in total. The molecule has 0 aromatic heterocycles. The molecule has 4 aliphatic carbocycles. The van der Waals surface area contributed by atoms with Crippen molar-refractivity contribution in [2.75, 3.05) is 0 Å². The molecule has 0 aliphatic heterocycles. The Morgan fingerprint density at radius 1 is 1.25 bits per heavy atom. The third-order valence-electron chi connectivity index (χ3n) is 3.18. The highest BCUT2D eigenvalue weighted by Crippen LogP contribution is 2.68. The Morgan fingerprint density at radius 3 is 2.00 bits per heavy atom. The maximum Gasteiger partial charge on any atom is 0.139 e. The summed E-state index contributed by atoms with van der Waals surface area (Å²) < 4.78 is 0. The molecule has 0 amide bonds. The van der Waals surface area contributed by atoms with Gasteiger partial charge < -0.3 is 0 Å². The molecule has 0 saturated heterocycles. The standard InChI is InChI=1S/C7H8O/c8-7-3-1-4-5(2-3)6(4)7/h3-6H,1-2H2/t3?,4-,5?,6?/m1/s1. The quantitative estimate of drug-likeness (QED) is 0.449. The summed E-state index contributed by atoms with van der Waals surface area (Å²) in [5, 5.41) is 0. The van der Waals surface area contributed by atoms with Crippen molar-refractivity contribution in [1.82, 2.24) is 0 Å². The zero-order valence-corrected chi connectivity index (χ0v) is 4.63. The minimum absolute atomic E-state index is 0.537. The van der Waals surface area contributed by atoms with E-state index in [0.29, 0.717) is 17.6 Å². The molecule has 0 spiro atoms. The van der Waals surface area contributed by atoms with Crippen molar-refractivity contribution >= 4 is 5.78 Å². The molecule has 1 heteroatoms. The minimum atomic E-state index is 0.537. The molecule has 0 aromatic rings. The Morgan fingerprint density at radius 2 is 1.88 bits per heavy atom. The first kappa shape index (κ1) is 3.65. The average molecular weight is 108 g/mol. The molecule has 0 radical (unpaired) electrons. The fourth-order valence-electron chi connectivity index (χ4n) is 2.77. The predicted octanol–water partition coefficient (Wildman–Crippen LogP) is 0.841. The van der Waals surface area contributed by atoms with Crippen LogP contribution >= 0.6 is 0 Å². The predicted molar refractivity (Wildman–Crippen MR) is 28.2 cm³/mol. The fraction of sp³-hybridized carbons (Fsp3) is 0.857. The van der Waals surface area contributed by atoms with E-state index in [2.05, 4.69) is 0 Å². The first-order chi connectivity index (χ1) is 3.88. The highest BCUT2D eigenvalue weighted by molar-refractivity contribution is 5.92. The van der Waals surface area contributed by atoms with Crippen LogP contribution in [-0.4, -0.2) is 5.78 Å². The van der Waals surface area contributed by atoms with Crippen molar-refractivity contribution in [3.8, 4) is 0 Å². The first-order valence-corrected chi connectivity index (χ1v) is 3.41. The zero-order chi connectivity index (χ0) is 5.30. The van der Waals surface area contributed by atoms with Crippen molar-refractivity contribution in [2.45, 2.75) is 12.8 Å². The molecule has 4 rings (SSSR count). The van der Waals surface area contributed by atoms with E-state index in [1.165, 1.54) is 12.8 Å². The van der Waals surface area contributed by atoms with Gasteiger partial charge >= 0.3 is 0 Å². The lowest BCUT2D eigenvalue weighted by molar-refractivity contribution is -0.120. The number of carbonyl (C=O) groups is 1. The van der Waals surface area contributed by atoms with Crippen molar-refractivity contribution in [2.24, 2.45) is 23.7 Å². The highest BCUT2D eigenvalue weighted by Gasteiger charge is 2.68. The summed E-state index contributed by atoms with van der Waals surface area (Å²) in [6, 6.07) is 0. The average Bonchev–Trinajstić information content (AvgIpc) is 2.23. The molecule has 4 bridgehead atoms. The smallest absolute Gasteiger partial charge is 0.139 e. The molecule has 0 heterocycles. The summed E-state index contributed by atoms with van der Waals surface area (Å²) in [6.45, 7) is 0. The second-order valence-electron chi connectivity index (χ2n) is 3.42. The monoisotopic (exact) mass is 108 g/mol. The summed E-state index contributed by atoms with van der Waals surface area (Å²) in [5.74, 6) is 3.50. The van der Waals surface area contributed by atoms with Gasteiger partial charge in [0.25, 0.3) is 0 Å². The van der Waals surface area contributed by atoms with Gasteiger partial charge in [-0.2, -0.15) is 0 Å². The van der Waals surface area contributed by atoms with Gasteiger partial charge in [0.05, 0.1) is 0 Å². The molecule has 0 aromatic carbocycles. The number of Topliss-reactive ketones (excluding diaryl/α,β-unsaturated/α-hetero) is 1. The van der Waals surface area contributed by atoms with E-state index in [-0.39, 0.29) is 0 Å². The summed E-state index contributed by atoms with van der Waals surface area (Å²) in [5.41, 5.74) is 0. The molecule has 4 fully saturated rings. The Bertz CT molecular complexity index is 157. The van der Waals surface area contributed by atoms with Crippen LogP contribution in [0.3, 0.4) is 0 Å². The number of hydrogen-bond donors (Lipinski definition) is 0. The van der Waals surface area contributed by atoms with Crippen molar-refractivity contribution < 1.29 is 4.79 Å². The molecule has 4 aliphatic rings. The van der Waals surface area contributed by atoms with Crippen LogP contribution in [0.4, 0.5) is 0 Å². The minimum Gasteiger partial charge on any atom is -0.299 e. The molecule has 42 valence electrons. The number of ketones is 1. The van der Waals surface area contributed by atoms with Gasteiger partial charge in [-0.1, -0.05) is 0 Å². The van der Waals surface area contributed by atoms with E-state index >= 15 is 0 Å². The van der Waals surface area contributed by atoms with E-state index < -0.39 is 0 Å². The largest absolute Gasteiger partial charge is 0.299 e. The summed E-state index contributed by atoms with van der Waals surface area (Å²) in [7, 11) is 0. The lowest BCUT2D eigenvalue weighted by atomic mass is 10.1. The van der Waals surface area contributed by atoms with Gasteiger partial charge in [-0.3, -0.25) is 4.79 Å². The summed E-state index contributed by atoms with van der Waals surface area (Å²) >= 11 is 0. The van der Waals surface area contributed by atoms with Crippen LogP contribution in [0, 0.1) is 23.7 Å². The Labute approximate surface area is 48.1 Å². The van der Waals surface area contributed by atoms with Gasteiger partial charge in [-0.05, 0) is 24.7 Å². The van der Waals surface area contributed by atoms with Crippen LogP contribution in [0.1, 0.15) is 12.8 Å². The van der Waals surface area contributed by atoms with Gasteiger partial charge in [0.1, 0.15) is 5.78 Å². The van der Waals surface area contributed by atoms with Crippen LogP contribution in [0.15, 0.2) is 0 Å². The normalized spacial score (nSPS) is 64.8. The fourth-order valence-corrected chi connectivity index (χ4v) is 2.77. The number of hydrogen-bond acceptors (Lipinski definition) is 1. The van der Waals surface area contributed by atoms with E-state index in [1.54, 1.807) is 0 Å².